The quantitative estimate of drug-likeness (QED) is 0.798. The number of methoxy groups -OCH3 is 1. The van der Waals surface area contributed by atoms with Crippen molar-refractivity contribution < 1.29 is 4.74 Å². The summed E-state index contributed by atoms with van der Waals surface area (Å²) in [6, 6.07) is 9.88. The van der Waals surface area contributed by atoms with Crippen LogP contribution in [0.15, 0.2) is 36.5 Å². The molecule has 5 heteroatoms. The zero-order valence-electron chi connectivity index (χ0n) is 12.2. The Morgan fingerprint density at radius 3 is 2.71 bits per heavy atom. The van der Waals surface area contributed by atoms with Crippen LogP contribution in [0.1, 0.15) is 12.5 Å². The lowest BCUT2D eigenvalue weighted by Gasteiger charge is -2.06. The van der Waals surface area contributed by atoms with Gasteiger partial charge in [0.15, 0.2) is 5.82 Å². The van der Waals surface area contributed by atoms with Crippen LogP contribution < -0.4 is 10.5 Å². The van der Waals surface area contributed by atoms with Gasteiger partial charge in [-0.2, -0.15) is 0 Å². The highest BCUT2D eigenvalue weighted by Crippen LogP contribution is 2.26. The molecule has 2 aromatic heterocycles. The van der Waals surface area contributed by atoms with Gasteiger partial charge in [-0.05, 0) is 30.7 Å². The van der Waals surface area contributed by atoms with Crippen molar-refractivity contribution >= 4 is 11.0 Å². The molecule has 0 fully saturated rings. The first kappa shape index (κ1) is 13.6. The Labute approximate surface area is 123 Å². The van der Waals surface area contributed by atoms with Gasteiger partial charge < -0.3 is 15.0 Å². The molecule has 0 unspecified atom stereocenters. The summed E-state index contributed by atoms with van der Waals surface area (Å²) in [6.45, 7) is 3.43. The summed E-state index contributed by atoms with van der Waals surface area (Å²) >= 11 is 0. The van der Waals surface area contributed by atoms with E-state index < -0.39 is 0 Å². The molecular weight excluding hydrogens is 264 g/mol. The van der Waals surface area contributed by atoms with Crippen LogP contribution in [0.25, 0.3) is 22.6 Å². The lowest BCUT2D eigenvalue weighted by atomic mass is 10.2. The van der Waals surface area contributed by atoms with Gasteiger partial charge in [0.25, 0.3) is 0 Å². The summed E-state index contributed by atoms with van der Waals surface area (Å²) in [5, 5.41) is 0. The van der Waals surface area contributed by atoms with Gasteiger partial charge >= 0.3 is 0 Å². The Bertz CT molecular complexity index is 762. The van der Waals surface area contributed by atoms with Gasteiger partial charge in [-0.1, -0.05) is 6.07 Å². The van der Waals surface area contributed by atoms with Gasteiger partial charge in [0.05, 0.1) is 18.1 Å². The molecule has 0 spiro atoms. The Hall–Kier alpha value is -2.40. The van der Waals surface area contributed by atoms with Crippen LogP contribution in [0.5, 0.6) is 5.75 Å². The fourth-order valence-corrected chi connectivity index (χ4v) is 2.43. The molecular formula is C16H18N4O. The van der Waals surface area contributed by atoms with Crippen molar-refractivity contribution in [3.8, 4) is 17.3 Å². The smallest absolute Gasteiger partial charge is 0.159 e. The average molecular weight is 282 g/mol. The zero-order valence-corrected chi connectivity index (χ0v) is 12.2. The highest BCUT2D eigenvalue weighted by atomic mass is 16.5. The number of fused-ring (bicyclic) bond motifs is 1. The van der Waals surface area contributed by atoms with Crippen molar-refractivity contribution in [1.29, 1.82) is 0 Å². The van der Waals surface area contributed by atoms with Gasteiger partial charge in [0, 0.05) is 25.4 Å². The molecule has 0 aliphatic carbocycles. The minimum Gasteiger partial charge on any atom is -0.497 e. The lowest BCUT2D eigenvalue weighted by molar-refractivity contribution is 0.415. The Morgan fingerprint density at radius 2 is 2.10 bits per heavy atom. The average Bonchev–Trinajstić information content (AvgIpc) is 2.92. The second kappa shape index (κ2) is 5.54. The molecule has 5 nitrogen and oxygen atoms in total. The standard InChI is InChI=1S/C16H18N4O/c1-3-20-15-7-5-12(21-2)8-14(15)19-16(20)13-6-4-11(9-17)10-18-13/h4-8,10H,3,9,17H2,1-2H3. The maximum atomic E-state index is 5.61. The maximum absolute atomic E-state index is 5.61. The number of benzene rings is 1. The van der Waals surface area contributed by atoms with Crippen LogP contribution in [0.3, 0.4) is 0 Å². The van der Waals surface area contributed by atoms with Crippen molar-refractivity contribution in [1.82, 2.24) is 14.5 Å². The van der Waals surface area contributed by atoms with Crippen LogP contribution in [0.2, 0.25) is 0 Å². The van der Waals surface area contributed by atoms with Crippen molar-refractivity contribution in [2.24, 2.45) is 5.73 Å². The molecule has 0 bridgehead atoms. The first-order chi connectivity index (χ1) is 10.3. The van der Waals surface area contributed by atoms with E-state index in [2.05, 4.69) is 16.5 Å². The normalized spacial score (nSPS) is 11.0. The first-order valence-corrected chi connectivity index (χ1v) is 6.96. The number of hydrogen-bond acceptors (Lipinski definition) is 4. The molecule has 21 heavy (non-hydrogen) atoms. The van der Waals surface area contributed by atoms with Crippen LogP contribution >= 0.6 is 0 Å². The zero-order chi connectivity index (χ0) is 14.8. The first-order valence-electron chi connectivity index (χ1n) is 6.96. The van der Waals surface area contributed by atoms with E-state index in [1.54, 1.807) is 13.3 Å². The van der Waals surface area contributed by atoms with E-state index in [0.29, 0.717) is 6.54 Å². The predicted molar refractivity (Wildman–Crippen MR) is 83.1 cm³/mol. The number of rotatable bonds is 4. The molecule has 0 atom stereocenters. The molecule has 0 saturated carbocycles. The van der Waals surface area contributed by atoms with Crippen molar-refractivity contribution in [2.75, 3.05) is 7.11 Å². The number of imidazole rings is 1. The van der Waals surface area contributed by atoms with Crippen molar-refractivity contribution in [2.45, 2.75) is 20.0 Å². The summed E-state index contributed by atoms with van der Waals surface area (Å²) in [5.41, 5.74) is 9.47. The minimum atomic E-state index is 0.495. The van der Waals surface area contributed by atoms with Crippen LogP contribution in [-0.2, 0) is 13.1 Å². The van der Waals surface area contributed by atoms with E-state index in [-0.39, 0.29) is 0 Å². The molecule has 0 aliphatic heterocycles. The molecule has 0 saturated heterocycles. The lowest BCUT2D eigenvalue weighted by Crippen LogP contribution is -2.01. The predicted octanol–water partition coefficient (Wildman–Crippen LogP) is 2.59. The molecule has 2 N–H and O–H groups in total. The van der Waals surface area contributed by atoms with Crippen LogP contribution in [0.4, 0.5) is 0 Å². The Balaban J connectivity index is 2.16. The number of aromatic nitrogens is 3. The molecule has 108 valence electrons. The molecule has 0 amide bonds. The maximum Gasteiger partial charge on any atom is 0.159 e. The fraction of sp³-hybridized carbons (Fsp3) is 0.250. The molecule has 1 aromatic carbocycles. The monoisotopic (exact) mass is 282 g/mol. The summed E-state index contributed by atoms with van der Waals surface area (Å²) in [4.78, 5) is 9.18. The summed E-state index contributed by atoms with van der Waals surface area (Å²) < 4.78 is 7.41. The third-order valence-electron chi connectivity index (χ3n) is 3.56. The van der Waals surface area contributed by atoms with E-state index in [1.165, 1.54) is 0 Å². The number of hydrogen-bond donors (Lipinski definition) is 1. The van der Waals surface area contributed by atoms with E-state index in [1.807, 2.05) is 30.3 Å². The second-order valence-electron chi connectivity index (χ2n) is 4.79. The highest BCUT2D eigenvalue weighted by Gasteiger charge is 2.13. The molecule has 0 aliphatic rings. The van der Waals surface area contributed by atoms with Gasteiger partial charge in [-0.15, -0.1) is 0 Å². The number of ether oxygens (including phenoxy) is 1. The number of nitrogens with two attached hydrogens (primary N) is 1. The summed E-state index contributed by atoms with van der Waals surface area (Å²) in [7, 11) is 1.66. The number of nitrogens with zero attached hydrogens (tertiary/aromatic N) is 3. The van der Waals surface area contributed by atoms with Gasteiger partial charge in [0.2, 0.25) is 0 Å². The number of pyridine rings is 1. The summed E-state index contributed by atoms with van der Waals surface area (Å²) in [5.74, 6) is 1.67. The fourth-order valence-electron chi connectivity index (χ4n) is 2.43. The van der Waals surface area contributed by atoms with Crippen LogP contribution in [-0.4, -0.2) is 21.6 Å². The van der Waals surface area contributed by atoms with E-state index in [4.69, 9.17) is 15.5 Å². The third-order valence-corrected chi connectivity index (χ3v) is 3.56. The Morgan fingerprint density at radius 1 is 1.24 bits per heavy atom. The van der Waals surface area contributed by atoms with Crippen LogP contribution in [0, 0.1) is 0 Å². The second-order valence-corrected chi connectivity index (χ2v) is 4.79. The molecule has 0 radical (unpaired) electrons. The number of aryl methyl sites for hydroxylation is 1. The largest absolute Gasteiger partial charge is 0.497 e. The van der Waals surface area contributed by atoms with Crippen molar-refractivity contribution in [3.63, 3.8) is 0 Å². The van der Waals surface area contributed by atoms with E-state index in [9.17, 15) is 0 Å². The van der Waals surface area contributed by atoms with Gasteiger partial charge in [-0.25, -0.2) is 4.98 Å². The Kier molecular flexibility index (Phi) is 3.58. The van der Waals surface area contributed by atoms with Gasteiger partial charge in [-0.3, -0.25) is 4.98 Å². The molecule has 3 aromatic rings. The summed E-state index contributed by atoms with van der Waals surface area (Å²) in [6.07, 6.45) is 1.80. The topological polar surface area (TPSA) is 66.0 Å². The third kappa shape index (κ3) is 2.36. The van der Waals surface area contributed by atoms with Crippen molar-refractivity contribution in [3.05, 3.63) is 42.1 Å². The molecule has 2 heterocycles. The molecule has 3 rings (SSSR count). The van der Waals surface area contributed by atoms with E-state index in [0.717, 1.165) is 40.4 Å². The van der Waals surface area contributed by atoms with E-state index >= 15 is 0 Å². The minimum absolute atomic E-state index is 0.495. The SMILES string of the molecule is CCn1c(-c2ccc(CN)cn2)nc2cc(OC)ccc21. The van der Waals surface area contributed by atoms with Gasteiger partial charge in [0.1, 0.15) is 11.4 Å². The highest BCUT2D eigenvalue weighted by molar-refractivity contribution is 5.81.